The monoisotopic (exact) mass is 986 g/mol. The SMILES string of the molecule is Cc1[nH]c(=O)[nH]c(=O)c1[N+](=O)[O-].Cc1nc(Cl)[nH]c(=O)c1[N+](=O)[O-].Cc1nc(Cl)nc(Cl)c1[N+](=O)[O-].O=P(Cl)(Cl)Cl.[Ac].[Na+].[OH-]. The number of H-pyrrole nitrogens is 3. The van der Waals surface area contributed by atoms with Crippen LogP contribution in [0, 0.1) is 95.2 Å². The number of aromatic nitrogens is 6. The second-order valence-corrected chi connectivity index (χ2v) is 14.3. The summed E-state index contributed by atoms with van der Waals surface area (Å²) in [7, 11) is 0. The molecule has 0 fully saturated rings. The average Bonchev–Trinajstić information content (AvgIpc) is 2.70. The van der Waals surface area contributed by atoms with Crippen molar-refractivity contribution < 1.29 is 98.4 Å². The number of hydrogen-bond acceptors (Lipinski definition) is 14. The van der Waals surface area contributed by atoms with Crippen LogP contribution < -0.4 is 46.4 Å². The molecule has 3 heterocycles. The summed E-state index contributed by atoms with van der Waals surface area (Å²) >= 11 is 30.0. The molecule has 0 saturated carbocycles. The second-order valence-electron chi connectivity index (χ2n) is 6.56. The quantitative estimate of drug-likeness (QED) is 0.0838. The summed E-state index contributed by atoms with van der Waals surface area (Å²) < 4.78 is 9.51. The molecular weight excluding hydrogens is 976 g/mol. The van der Waals surface area contributed by atoms with E-state index in [1.807, 2.05) is 4.98 Å². The molecule has 20 nitrogen and oxygen atoms in total. The number of nitrogens with zero attached hydrogens (tertiary/aromatic N) is 6. The summed E-state index contributed by atoms with van der Waals surface area (Å²) in [5.41, 5.74) is -3.95. The topological polar surface area (TPSA) is 314 Å². The summed E-state index contributed by atoms with van der Waals surface area (Å²) in [5.74, 6) is 0. The normalized spacial score (nSPS) is 9.39. The average molecular weight is 989 g/mol. The maximum atomic E-state index is 10.9. The van der Waals surface area contributed by atoms with E-state index >= 15 is 0 Å². The first-order valence-electron chi connectivity index (χ1n) is 9.48. The van der Waals surface area contributed by atoms with E-state index in [0.717, 1.165) is 0 Å². The molecule has 0 saturated heterocycles. The summed E-state index contributed by atoms with van der Waals surface area (Å²) in [5, 5.41) is 27.1. The van der Waals surface area contributed by atoms with E-state index < -0.39 is 48.2 Å². The van der Waals surface area contributed by atoms with E-state index in [1.54, 1.807) is 4.98 Å². The molecule has 0 unspecified atom stereocenters. The molecule has 0 aliphatic carbocycles. The van der Waals surface area contributed by atoms with E-state index in [2.05, 4.69) is 53.7 Å². The Hall–Kier alpha value is -0.788. The van der Waals surface area contributed by atoms with Crippen LogP contribution in [0.2, 0.25) is 15.7 Å². The molecule has 0 bridgehead atoms. The van der Waals surface area contributed by atoms with Crippen LogP contribution in [0.1, 0.15) is 17.1 Å². The third kappa shape index (κ3) is 19.0. The first kappa shape index (κ1) is 50.1. The smallest absolute Gasteiger partial charge is 0.870 e. The van der Waals surface area contributed by atoms with Crippen LogP contribution in [0.5, 0.6) is 0 Å². The van der Waals surface area contributed by atoms with E-state index in [9.17, 15) is 49.3 Å². The van der Waals surface area contributed by atoms with E-state index in [0.29, 0.717) is 0 Å². The van der Waals surface area contributed by atoms with Gasteiger partial charge in [-0.05, 0) is 77.7 Å². The van der Waals surface area contributed by atoms with Crippen molar-refractivity contribution in [3.63, 3.8) is 0 Å². The van der Waals surface area contributed by atoms with Crippen molar-refractivity contribution in [1.82, 2.24) is 29.9 Å². The van der Waals surface area contributed by atoms with Gasteiger partial charge in [0.05, 0.1) is 14.8 Å². The van der Waals surface area contributed by atoms with Crippen LogP contribution in [0.25, 0.3) is 0 Å². The minimum absolute atomic E-state index is 0. The molecule has 0 aromatic carbocycles. The predicted octanol–water partition coefficient (Wildman–Crippen LogP) is 1.56. The number of rotatable bonds is 3. The van der Waals surface area contributed by atoms with Gasteiger partial charge in [-0.3, -0.25) is 54.5 Å². The van der Waals surface area contributed by atoms with E-state index in [1.165, 1.54) is 20.8 Å². The van der Waals surface area contributed by atoms with E-state index in [4.69, 9.17) is 34.8 Å². The van der Waals surface area contributed by atoms with Gasteiger partial charge in [-0.2, -0.15) is 4.98 Å². The van der Waals surface area contributed by atoms with Gasteiger partial charge in [-0.1, -0.05) is 11.6 Å². The first-order valence-corrected chi connectivity index (χ1v) is 15.0. The number of hydrogen-bond donors (Lipinski definition) is 3. The summed E-state index contributed by atoms with van der Waals surface area (Å²) in [6, 6.07) is 0. The molecule has 4 N–H and O–H groups in total. The summed E-state index contributed by atoms with van der Waals surface area (Å²) in [4.78, 5) is 77.2. The Morgan fingerprint density at radius 2 is 1.09 bits per heavy atom. The van der Waals surface area contributed by atoms with Crippen molar-refractivity contribution in [2.75, 3.05) is 0 Å². The van der Waals surface area contributed by atoms with Crippen molar-refractivity contribution in [3.8, 4) is 0 Å². The molecule has 0 atom stereocenters. The zero-order valence-corrected chi connectivity index (χ0v) is 34.2. The molecule has 3 aromatic heterocycles. The Bertz CT molecular complexity index is 1670. The van der Waals surface area contributed by atoms with Crippen LogP contribution in [-0.2, 0) is 4.57 Å². The second kappa shape index (κ2) is 22.7. The maximum Gasteiger partial charge on any atom is 1.00 e. The summed E-state index contributed by atoms with van der Waals surface area (Å²) in [6.07, 6.45) is 0. The van der Waals surface area contributed by atoms with Crippen LogP contribution in [0.4, 0.5) is 17.1 Å². The molecule has 29 heteroatoms. The molecule has 0 aliphatic heterocycles. The van der Waals surface area contributed by atoms with Gasteiger partial charge in [-0.15, -0.1) is 0 Å². The first-order chi connectivity index (χ1) is 18.6. The fourth-order valence-corrected chi connectivity index (χ4v) is 3.03. The summed E-state index contributed by atoms with van der Waals surface area (Å²) in [6.45, 7) is 4.07. The van der Waals surface area contributed by atoms with Gasteiger partial charge in [-0.25, -0.2) is 14.8 Å². The molecule has 0 spiro atoms. The third-order valence-electron chi connectivity index (χ3n) is 3.67. The predicted molar refractivity (Wildman–Crippen MR) is 151 cm³/mol. The number of aryl methyl sites for hydroxylation is 3. The van der Waals surface area contributed by atoms with Gasteiger partial charge in [0.2, 0.25) is 15.7 Å². The fourth-order valence-electron chi connectivity index (χ4n) is 2.28. The number of aromatic amines is 3. The largest absolute Gasteiger partial charge is 1.00 e. The number of nitro groups is 3. The third-order valence-corrected chi connectivity index (χ3v) is 4.29. The van der Waals surface area contributed by atoms with Gasteiger partial charge in [0.25, 0.3) is 0 Å². The van der Waals surface area contributed by atoms with Crippen LogP contribution in [0.15, 0.2) is 14.4 Å². The minimum atomic E-state index is -3.22. The molecule has 3 aromatic rings. The standard InChI is InChI=1S/C5H3Cl2N3O2.C5H4ClN3O3.C5H5N3O4.Ac.Cl3OP.Na.H2O/c1-2-3(10(11)12)4(6)9-5(7)8-2;1-2-3(9(11)12)4(10)8-5(6)7-2;1-2-3(8(11)12)4(9)7-5(10)6-2;;1-5(2,3)4;;/h1H3;1H3,(H,7,8,10);1H3,(H2,6,7,9,10);;;;1H2/q;;;;;+1;/p-1. The molecular formula is C15H13AcCl6N9NaO11P. The van der Waals surface area contributed by atoms with Crippen molar-refractivity contribution >= 4 is 90.8 Å². The zero-order chi connectivity index (χ0) is 32.4. The Morgan fingerprint density at radius 3 is 1.43 bits per heavy atom. The van der Waals surface area contributed by atoms with Crippen LogP contribution >= 0.6 is 73.7 Å². The van der Waals surface area contributed by atoms with Crippen molar-refractivity contribution in [3.05, 3.63) is 94.3 Å². The van der Waals surface area contributed by atoms with Crippen LogP contribution in [0.3, 0.4) is 0 Å². The van der Waals surface area contributed by atoms with Gasteiger partial charge in [0.15, 0.2) is 0 Å². The van der Waals surface area contributed by atoms with E-state index in [-0.39, 0.29) is 118 Å². The molecule has 44 heavy (non-hydrogen) atoms. The Balaban J connectivity index is -0.000000246. The molecule has 3 rings (SSSR count). The van der Waals surface area contributed by atoms with Crippen molar-refractivity contribution in [1.29, 1.82) is 0 Å². The molecule has 1 radical (unpaired) electrons. The van der Waals surface area contributed by atoms with Gasteiger partial charge in [0, 0.05) is 44.1 Å². The molecule has 0 amide bonds. The Kier molecular flexibility index (Phi) is 25.8. The van der Waals surface area contributed by atoms with Gasteiger partial charge in [0.1, 0.15) is 17.1 Å². The van der Waals surface area contributed by atoms with Crippen LogP contribution in [-0.4, -0.2) is 50.1 Å². The number of halogens is 6. The maximum absolute atomic E-state index is 10.9. The van der Waals surface area contributed by atoms with Gasteiger partial charge >= 0.3 is 68.6 Å². The minimum Gasteiger partial charge on any atom is -0.870 e. The van der Waals surface area contributed by atoms with Gasteiger partial charge < -0.3 is 10.5 Å². The molecule has 0 aliphatic rings. The molecule has 235 valence electrons. The van der Waals surface area contributed by atoms with Crippen molar-refractivity contribution in [2.24, 2.45) is 0 Å². The fraction of sp³-hybridized carbons (Fsp3) is 0.200. The number of nitrogens with one attached hydrogen (secondary N) is 3. The zero-order valence-electron chi connectivity index (χ0n) is 22.0. The Labute approximate surface area is 330 Å². The van der Waals surface area contributed by atoms with Crippen molar-refractivity contribution in [2.45, 2.75) is 20.8 Å². The Morgan fingerprint density at radius 1 is 0.705 bits per heavy atom.